The minimum Gasteiger partial charge on any atom is -0.308 e. The summed E-state index contributed by atoms with van der Waals surface area (Å²) in [6.07, 6.45) is 11.5. The second kappa shape index (κ2) is 22.5. The largest absolute Gasteiger partial charge is 0.308 e. The molecule has 81 heavy (non-hydrogen) atoms. The molecule has 3 saturated carbocycles. The van der Waals surface area contributed by atoms with Crippen molar-refractivity contribution in [3.05, 3.63) is 217 Å². The van der Waals surface area contributed by atoms with Crippen LogP contribution in [-0.2, 0) is 30.6 Å². The van der Waals surface area contributed by atoms with E-state index in [0.717, 1.165) is 18.6 Å². The number of halogens is 10. The summed E-state index contributed by atoms with van der Waals surface area (Å²) in [5.74, 6) is -13.2. The monoisotopic (exact) mass is 1140 g/mol. The number of nitrogens with zero attached hydrogens (tertiary/aromatic N) is 9. The molecular formula is C55H42F10N12O3S. The van der Waals surface area contributed by atoms with Crippen LogP contribution in [0.1, 0.15) is 36.0 Å². The molecule has 0 saturated heterocycles. The van der Waals surface area contributed by atoms with Gasteiger partial charge in [-0.1, -0.05) is 91.0 Å². The van der Waals surface area contributed by atoms with Crippen LogP contribution in [0, 0.1) is 17.5 Å². The predicted octanol–water partition coefficient (Wildman–Crippen LogP) is 11.2. The van der Waals surface area contributed by atoms with Crippen LogP contribution in [0.15, 0.2) is 183 Å². The minimum absolute atomic E-state index is 0.0947. The van der Waals surface area contributed by atoms with Gasteiger partial charge >= 0.3 is 0 Å². The maximum absolute atomic E-state index is 14.1. The van der Waals surface area contributed by atoms with Gasteiger partial charge in [0.1, 0.15) is 33.7 Å². The molecule has 15 nitrogen and oxygen atoms in total. The highest BCUT2D eigenvalue weighted by molar-refractivity contribution is 7.93. The first-order valence-electron chi connectivity index (χ1n) is 24.1. The Labute approximate surface area is 457 Å². The zero-order valence-corrected chi connectivity index (χ0v) is 42.7. The molecule has 0 spiro atoms. The summed E-state index contributed by atoms with van der Waals surface area (Å²) in [5.41, 5.74) is -3.85. The van der Waals surface area contributed by atoms with Gasteiger partial charge in [-0.3, -0.25) is 29.3 Å². The van der Waals surface area contributed by atoms with Crippen LogP contribution in [0.3, 0.4) is 0 Å². The van der Waals surface area contributed by atoms with Gasteiger partial charge in [-0.15, -0.1) is 0 Å². The first-order valence-corrected chi connectivity index (χ1v) is 25.2. The lowest BCUT2D eigenvalue weighted by Gasteiger charge is -2.15. The Hall–Kier alpha value is -9.20. The lowest BCUT2D eigenvalue weighted by molar-refractivity contribution is -0.122. The summed E-state index contributed by atoms with van der Waals surface area (Å²) < 4.78 is 138. The van der Waals surface area contributed by atoms with Crippen molar-refractivity contribution in [2.24, 2.45) is 0 Å². The Balaban J connectivity index is 0.000000143. The van der Waals surface area contributed by atoms with E-state index < -0.39 is 88.4 Å². The lowest BCUT2D eigenvalue weighted by atomic mass is 9.94. The molecule has 3 atom stereocenters. The molecule has 3 aliphatic carbocycles. The van der Waals surface area contributed by atoms with Crippen molar-refractivity contribution in [2.45, 2.75) is 53.3 Å². The number of rotatable bonds is 12. The summed E-state index contributed by atoms with van der Waals surface area (Å²) in [4.78, 5) is 48.9. The molecule has 9 aromatic rings. The smallest absolute Gasteiger partial charge is 0.268 e. The van der Waals surface area contributed by atoms with E-state index in [1.54, 1.807) is 54.6 Å². The van der Waals surface area contributed by atoms with Crippen molar-refractivity contribution in [2.75, 3.05) is 22.2 Å². The van der Waals surface area contributed by atoms with Gasteiger partial charge in [0.2, 0.25) is 17.7 Å². The van der Waals surface area contributed by atoms with Gasteiger partial charge in [0.15, 0.2) is 17.5 Å². The second-order valence-electron chi connectivity index (χ2n) is 18.5. The van der Waals surface area contributed by atoms with Crippen LogP contribution < -0.4 is 16.0 Å². The number of carbonyl (C=O) groups is 3. The number of pyridine rings is 3. The number of hydrogen-bond donors (Lipinski definition) is 3. The number of hydrogen-bond acceptors (Lipinski definition) is 10. The van der Waals surface area contributed by atoms with E-state index in [2.05, 4.69) is 46.2 Å². The van der Waals surface area contributed by atoms with Crippen LogP contribution >= 0.6 is 12.1 Å². The highest BCUT2D eigenvalue weighted by Crippen LogP contribution is 2.64. The molecule has 0 aliphatic heterocycles. The second-order valence-corrected chi connectivity index (χ2v) is 18.8. The maximum atomic E-state index is 14.1. The summed E-state index contributed by atoms with van der Waals surface area (Å²) in [6, 6.07) is 31.8. The average Bonchev–Trinajstić information content (AvgIpc) is 4.24. The van der Waals surface area contributed by atoms with Crippen molar-refractivity contribution >= 4 is 47.3 Å². The molecule has 6 heterocycles. The molecule has 3 fully saturated rings. The number of benzene rings is 3. The van der Waals surface area contributed by atoms with Gasteiger partial charge in [-0.2, -0.15) is 19.2 Å². The van der Waals surface area contributed by atoms with E-state index in [0.29, 0.717) is 17.1 Å². The standard InChI is InChI=1S/3C18H13F3N4O.CH3FS/c3*19-13-8-14(10-22-9-13)25-7-6-15(24-25)23-16(26)17(11-18(17,20)21)12-4-2-1-3-5-12;1-3-2/h3*1-10H,11H2,(H,23,24,26);1H3/t2*17-;;/m10../s1. The Kier molecular flexibility index (Phi) is 15.7. The number of nitrogens with one attached hydrogen (secondary N) is 3. The van der Waals surface area contributed by atoms with E-state index in [1.165, 1.54) is 130 Å². The van der Waals surface area contributed by atoms with Crippen molar-refractivity contribution in [1.82, 2.24) is 44.3 Å². The molecule has 1 unspecified atom stereocenters. The van der Waals surface area contributed by atoms with Gasteiger partial charge in [0.25, 0.3) is 17.8 Å². The summed E-state index contributed by atoms with van der Waals surface area (Å²) in [5, 5.41) is 19.5. The molecule has 3 aromatic carbocycles. The normalized spacial score (nSPS) is 20.0. The van der Waals surface area contributed by atoms with E-state index in [1.807, 2.05) is 0 Å². The fourth-order valence-electron chi connectivity index (χ4n) is 8.96. The van der Waals surface area contributed by atoms with Crippen molar-refractivity contribution in [3.63, 3.8) is 0 Å². The summed E-state index contributed by atoms with van der Waals surface area (Å²) in [7, 11) is 0. The first-order chi connectivity index (χ1) is 38.7. The van der Waals surface area contributed by atoms with Crippen LogP contribution in [-0.4, -0.2) is 86.0 Å². The summed E-state index contributed by atoms with van der Waals surface area (Å²) in [6.45, 7) is 0. The fourth-order valence-corrected chi connectivity index (χ4v) is 8.96. The van der Waals surface area contributed by atoms with Gasteiger partial charge in [-0.25, -0.2) is 53.6 Å². The van der Waals surface area contributed by atoms with E-state index in [-0.39, 0.29) is 46.3 Å². The molecule has 3 aliphatic rings. The Morgan fingerprint density at radius 1 is 0.432 bits per heavy atom. The highest BCUT2D eigenvalue weighted by Gasteiger charge is 2.78. The highest BCUT2D eigenvalue weighted by atomic mass is 32.2. The Morgan fingerprint density at radius 3 is 0.877 bits per heavy atom. The number of aromatic nitrogens is 9. The third-order valence-corrected chi connectivity index (χ3v) is 13.3. The van der Waals surface area contributed by atoms with Gasteiger partial charge < -0.3 is 16.0 Å². The number of alkyl halides is 6. The average molecular weight is 1140 g/mol. The number of anilines is 3. The molecule has 0 bridgehead atoms. The minimum atomic E-state index is -3.12. The molecule has 26 heteroatoms. The first kappa shape index (κ1) is 56.5. The van der Waals surface area contributed by atoms with Crippen molar-refractivity contribution in [3.8, 4) is 17.1 Å². The SMILES string of the molecule is CSF.O=C(Nc1ccn(-c2cncc(F)c2)n1)C1(c2ccccc2)CC1(F)F.O=C(Nc1ccn(-c2cncc(F)c2)n1)[C@@]1(c2ccccc2)CC1(F)F.O=C(Nc1ccn(-c2cncc(F)c2)n1)[C@]1(c2ccccc2)CC1(F)F. The molecule has 3 amide bonds. The van der Waals surface area contributed by atoms with E-state index >= 15 is 0 Å². The zero-order valence-electron chi connectivity index (χ0n) is 41.9. The molecule has 6 aromatic heterocycles. The summed E-state index contributed by atoms with van der Waals surface area (Å²) >= 11 is 0.250. The zero-order chi connectivity index (χ0) is 57.8. The molecular weight excluding hydrogens is 1100 g/mol. The molecule has 12 rings (SSSR count). The number of carbonyl (C=O) groups excluding carboxylic acids is 3. The lowest BCUT2D eigenvalue weighted by Crippen LogP contribution is -2.33. The van der Waals surface area contributed by atoms with Crippen LogP contribution in [0.25, 0.3) is 17.1 Å². The van der Waals surface area contributed by atoms with Crippen LogP contribution in [0.5, 0.6) is 0 Å². The fraction of sp³-hybridized carbons (Fsp3) is 0.182. The van der Waals surface area contributed by atoms with Gasteiger partial charge in [0.05, 0.1) is 54.2 Å². The predicted molar refractivity (Wildman–Crippen MR) is 278 cm³/mol. The quantitative estimate of drug-likeness (QED) is 0.0997. The van der Waals surface area contributed by atoms with E-state index in [9.17, 15) is 57.8 Å². The van der Waals surface area contributed by atoms with Crippen molar-refractivity contribution in [1.29, 1.82) is 0 Å². The maximum Gasteiger partial charge on any atom is 0.268 e. The Morgan fingerprint density at radius 2 is 0.667 bits per heavy atom. The van der Waals surface area contributed by atoms with Crippen LogP contribution in [0.4, 0.5) is 60.9 Å². The van der Waals surface area contributed by atoms with Crippen molar-refractivity contribution < 1.29 is 57.8 Å². The van der Waals surface area contributed by atoms with Gasteiger partial charge in [-0.05, 0) is 16.7 Å². The molecule has 416 valence electrons. The third kappa shape index (κ3) is 11.5. The van der Waals surface area contributed by atoms with Gasteiger partial charge in [0, 0.05) is 92.7 Å². The van der Waals surface area contributed by atoms with E-state index in [4.69, 9.17) is 0 Å². The third-order valence-electron chi connectivity index (χ3n) is 13.3. The Bertz CT molecular complexity index is 3330. The number of amides is 3. The van der Waals surface area contributed by atoms with Crippen LogP contribution in [0.2, 0.25) is 0 Å². The molecule has 3 N–H and O–H groups in total. The molecule has 0 radical (unpaired) electrons. The topological polar surface area (TPSA) is 179 Å².